The maximum absolute atomic E-state index is 8.87. The van der Waals surface area contributed by atoms with E-state index in [9.17, 15) is 0 Å². The summed E-state index contributed by atoms with van der Waals surface area (Å²) in [4.78, 5) is 2.49. The first-order valence-corrected chi connectivity index (χ1v) is 8.15. The molecule has 3 N–H and O–H groups in total. The summed E-state index contributed by atoms with van der Waals surface area (Å²) in [5.74, 6) is 0. The van der Waals surface area contributed by atoms with Crippen molar-refractivity contribution in [2.45, 2.75) is 58.0 Å². The number of aliphatic hydroxyl groups is 1. The zero-order valence-corrected chi connectivity index (χ0v) is 13.7. The fraction of sp³-hybridized carbons (Fsp3) is 0.667. The predicted octanol–water partition coefficient (Wildman–Crippen LogP) is 2.96. The Bertz CT molecular complexity index is 465. The van der Waals surface area contributed by atoms with Crippen LogP contribution in [-0.4, -0.2) is 29.7 Å². The van der Waals surface area contributed by atoms with Gasteiger partial charge in [-0.05, 0) is 47.9 Å². The molecule has 0 fully saturated rings. The molecule has 3 heteroatoms. The van der Waals surface area contributed by atoms with Crippen LogP contribution in [0.25, 0.3) is 0 Å². The molecule has 0 amide bonds. The minimum atomic E-state index is 0.183. The number of unbranched alkanes of at least 4 members (excludes halogenated alkanes) is 2. The number of hydrogen-bond donors (Lipinski definition) is 2. The van der Waals surface area contributed by atoms with Gasteiger partial charge in [0.25, 0.3) is 0 Å². The molecule has 3 nitrogen and oxygen atoms in total. The van der Waals surface area contributed by atoms with Crippen LogP contribution in [0.2, 0.25) is 0 Å². The van der Waals surface area contributed by atoms with Crippen LogP contribution in [0, 0.1) is 0 Å². The highest BCUT2D eigenvalue weighted by Gasteiger charge is 2.29. The Morgan fingerprint density at radius 3 is 2.62 bits per heavy atom. The first kappa shape index (κ1) is 16.5. The summed E-state index contributed by atoms with van der Waals surface area (Å²) in [6, 6.07) is 7.27. The molecule has 0 radical (unpaired) electrons. The van der Waals surface area contributed by atoms with Gasteiger partial charge in [-0.2, -0.15) is 0 Å². The standard InChI is InChI=1S/C18H30N2O/c1-18(2,3)15-8-7-14-13-20(9-5-4-6-10-21)17(12-19)16(14)11-15/h7-8,11,17,21H,4-6,9-10,12-13,19H2,1-3H3. The van der Waals surface area contributed by atoms with Crippen LogP contribution in [-0.2, 0) is 12.0 Å². The Kier molecular flexibility index (Phi) is 5.42. The van der Waals surface area contributed by atoms with Crippen LogP contribution in [0.5, 0.6) is 0 Å². The van der Waals surface area contributed by atoms with E-state index in [1.54, 1.807) is 0 Å². The van der Waals surface area contributed by atoms with E-state index < -0.39 is 0 Å². The number of benzene rings is 1. The average Bonchev–Trinajstić information content (AvgIpc) is 2.79. The van der Waals surface area contributed by atoms with E-state index >= 15 is 0 Å². The summed E-state index contributed by atoms with van der Waals surface area (Å²) in [5, 5.41) is 8.87. The lowest BCUT2D eigenvalue weighted by Gasteiger charge is -2.25. The van der Waals surface area contributed by atoms with Gasteiger partial charge in [0.05, 0.1) is 0 Å². The zero-order chi connectivity index (χ0) is 15.5. The molecule has 1 unspecified atom stereocenters. The molecule has 1 aromatic rings. The molecule has 1 aliphatic rings. The zero-order valence-electron chi connectivity index (χ0n) is 13.7. The lowest BCUT2D eigenvalue weighted by Crippen LogP contribution is -2.29. The summed E-state index contributed by atoms with van der Waals surface area (Å²) in [7, 11) is 0. The van der Waals surface area contributed by atoms with Crippen molar-refractivity contribution in [2.24, 2.45) is 5.73 Å². The van der Waals surface area contributed by atoms with Gasteiger partial charge in [0.2, 0.25) is 0 Å². The Labute approximate surface area is 129 Å². The van der Waals surface area contributed by atoms with Crippen LogP contribution >= 0.6 is 0 Å². The summed E-state index contributed by atoms with van der Waals surface area (Å²) in [6.07, 6.45) is 3.13. The van der Waals surface area contributed by atoms with Crippen molar-refractivity contribution in [3.63, 3.8) is 0 Å². The molecular formula is C18H30N2O. The Morgan fingerprint density at radius 1 is 1.24 bits per heavy atom. The topological polar surface area (TPSA) is 49.5 Å². The summed E-state index contributed by atoms with van der Waals surface area (Å²) < 4.78 is 0. The largest absolute Gasteiger partial charge is 0.396 e. The van der Waals surface area contributed by atoms with E-state index in [0.29, 0.717) is 19.2 Å². The van der Waals surface area contributed by atoms with E-state index in [1.807, 2.05) is 0 Å². The fourth-order valence-electron chi connectivity index (χ4n) is 3.16. The van der Waals surface area contributed by atoms with Crippen LogP contribution in [0.15, 0.2) is 18.2 Å². The third-order valence-electron chi connectivity index (χ3n) is 4.51. The molecule has 1 aromatic carbocycles. The maximum Gasteiger partial charge on any atom is 0.0477 e. The Balaban J connectivity index is 2.10. The van der Waals surface area contributed by atoms with E-state index in [2.05, 4.69) is 43.9 Å². The summed E-state index contributed by atoms with van der Waals surface area (Å²) >= 11 is 0. The molecule has 0 aromatic heterocycles. The first-order chi connectivity index (χ1) is 9.97. The van der Waals surface area contributed by atoms with E-state index in [1.165, 1.54) is 16.7 Å². The third kappa shape index (κ3) is 3.85. The van der Waals surface area contributed by atoms with E-state index in [-0.39, 0.29) is 5.41 Å². The lowest BCUT2D eigenvalue weighted by molar-refractivity contribution is 0.210. The second kappa shape index (κ2) is 6.91. The molecule has 0 saturated carbocycles. The number of nitrogens with two attached hydrogens (primary N) is 1. The molecule has 0 spiro atoms. The van der Waals surface area contributed by atoms with Crippen molar-refractivity contribution in [1.82, 2.24) is 4.90 Å². The highest BCUT2D eigenvalue weighted by molar-refractivity contribution is 5.40. The van der Waals surface area contributed by atoms with E-state index in [4.69, 9.17) is 10.8 Å². The minimum Gasteiger partial charge on any atom is -0.396 e. The van der Waals surface area contributed by atoms with Gasteiger partial charge in [0, 0.05) is 25.7 Å². The normalized spacial score (nSPS) is 19.0. The Morgan fingerprint density at radius 2 is 2.00 bits per heavy atom. The van der Waals surface area contributed by atoms with Crippen molar-refractivity contribution >= 4 is 0 Å². The highest BCUT2D eigenvalue weighted by atomic mass is 16.2. The summed E-state index contributed by atoms with van der Waals surface area (Å²) in [5.41, 5.74) is 10.5. The fourth-order valence-corrected chi connectivity index (χ4v) is 3.16. The molecule has 1 atom stereocenters. The molecule has 118 valence electrons. The molecular weight excluding hydrogens is 260 g/mol. The molecule has 1 heterocycles. The monoisotopic (exact) mass is 290 g/mol. The van der Waals surface area contributed by atoms with Crippen LogP contribution in [0.3, 0.4) is 0 Å². The molecule has 21 heavy (non-hydrogen) atoms. The molecule has 2 rings (SSSR count). The second-order valence-electron chi connectivity index (χ2n) is 7.17. The van der Waals surface area contributed by atoms with E-state index in [0.717, 1.165) is 32.4 Å². The van der Waals surface area contributed by atoms with Crippen molar-refractivity contribution in [2.75, 3.05) is 19.7 Å². The lowest BCUT2D eigenvalue weighted by atomic mass is 9.85. The number of rotatable bonds is 6. The van der Waals surface area contributed by atoms with Gasteiger partial charge in [0.15, 0.2) is 0 Å². The number of aliphatic hydroxyl groups excluding tert-OH is 1. The third-order valence-corrected chi connectivity index (χ3v) is 4.51. The number of hydrogen-bond acceptors (Lipinski definition) is 3. The van der Waals surface area contributed by atoms with Crippen LogP contribution in [0.4, 0.5) is 0 Å². The van der Waals surface area contributed by atoms with Gasteiger partial charge in [-0.3, -0.25) is 4.90 Å². The van der Waals surface area contributed by atoms with Crippen LogP contribution < -0.4 is 5.73 Å². The van der Waals surface area contributed by atoms with Crippen LogP contribution in [0.1, 0.15) is 62.8 Å². The second-order valence-corrected chi connectivity index (χ2v) is 7.17. The van der Waals surface area contributed by atoms with Crippen molar-refractivity contribution in [3.8, 4) is 0 Å². The predicted molar refractivity (Wildman–Crippen MR) is 88.3 cm³/mol. The SMILES string of the molecule is CC(C)(C)c1ccc2c(c1)C(CN)N(CCCCCO)C2. The molecule has 1 aliphatic heterocycles. The van der Waals surface area contributed by atoms with Gasteiger partial charge in [-0.1, -0.05) is 39.0 Å². The molecule has 0 saturated heterocycles. The number of nitrogens with zero attached hydrogens (tertiary/aromatic N) is 1. The van der Waals surface area contributed by atoms with Gasteiger partial charge in [0.1, 0.15) is 0 Å². The van der Waals surface area contributed by atoms with Gasteiger partial charge >= 0.3 is 0 Å². The van der Waals surface area contributed by atoms with Crippen molar-refractivity contribution < 1.29 is 5.11 Å². The average molecular weight is 290 g/mol. The quantitative estimate of drug-likeness (QED) is 0.792. The van der Waals surface area contributed by atoms with Gasteiger partial charge < -0.3 is 10.8 Å². The molecule has 0 bridgehead atoms. The van der Waals surface area contributed by atoms with Gasteiger partial charge in [-0.15, -0.1) is 0 Å². The van der Waals surface area contributed by atoms with Crippen molar-refractivity contribution in [1.29, 1.82) is 0 Å². The summed E-state index contributed by atoms with van der Waals surface area (Å²) in [6.45, 7) is 9.84. The first-order valence-electron chi connectivity index (χ1n) is 8.15. The number of fused-ring (bicyclic) bond motifs is 1. The highest BCUT2D eigenvalue weighted by Crippen LogP contribution is 2.36. The molecule has 0 aliphatic carbocycles. The smallest absolute Gasteiger partial charge is 0.0477 e. The maximum atomic E-state index is 8.87. The van der Waals surface area contributed by atoms with Crippen molar-refractivity contribution in [3.05, 3.63) is 34.9 Å². The Hall–Kier alpha value is -0.900. The minimum absolute atomic E-state index is 0.183. The van der Waals surface area contributed by atoms with Gasteiger partial charge in [-0.25, -0.2) is 0 Å².